The largest absolute Gasteiger partial charge is 0.508 e. The highest BCUT2D eigenvalue weighted by atomic mass is 16.5. The van der Waals surface area contributed by atoms with E-state index in [4.69, 9.17) is 18.9 Å². The number of hydrogen-bond donors (Lipinski definition) is 1. The molecule has 0 radical (unpaired) electrons. The average molecular weight is 427 g/mol. The van der Waals surface area contributed by atoms with E-state index in [0.717, 1.165) is 17.2 Å². The van der Waals surface area contributed by atoms with Crippen molar-refractivity contribution in [2.45, 2.75) is 13.8 Å². The van der Waals surface area contributed by atoms with E-state index in [1.807, 2.05) is 19.9 Å². The van der Waals surface area contributed by atoms with E-state index in [9.17, 15) is 9.90 Å². The normalized spacial score (nSPS) is 11.1. The molecule has 0 aliphatic heterocycles. The van der Waals surface area contributed by atoms with Gasteiger partial charge in [-0.3, -0.25) is 4.79 Å². The summed E-state index contributed by atoms with van der Waals surface area (Å²) in [5.74, 6) is 1.84. The maximum Gasteiger partial charge on any atom is 0.182 e. The second-order valence-corrected chi connectivity index (χ2v) is 5.87. The van der Waals surface area contributed by atoms with Gasteiger partial charge in [-0.25, -0.2) is 0 Å². The summed E-state index contributed by atoms with van der Waals surface area (Å²) in [6, 6.07) is 10.6. The summed E-state index contributed by atoms with van der Waals surface area (Å²) in [5, 5.41) is 9.98. The Labute approximate surface area is 184 Å². The number of benzene rings is 2. The molecule has 6 heteroatoms. The van der Waals surface area contributed by atoms with Crippen LogP contribution >= 0.6 is 0 Å². The van der Waals surface area contributed by atoms with Crippen LogP contribution in [0.1, 0.15) is 25.0 Å². The molecule has 0 aliphatic carbocycles. The molecule has 0 heterocycles. The molecule has 0 aromatic heterocycles. The fraction of sp³-hybridized carbons (Fsp3) is 0.240. The molecule has 1 N–H and O–H groups in total. The van der Waals surface area contributed by atoms with Crippen molar-refractivity contribution >= 4 is 17.9 Å². The lowest BCUT2D eigenvalue weighted by Gasteiger charge is -2.07. The van der Waals surface area contributed by atoms with Gasteiger partial charge in [-0.2, -0.15) is 0 Å². The predicted molar refractivity (Wildman–Crippen MR) is 124 cm³/mol. The predicted octanol–water partition coefficient (Wildman–Crippen LogP) is 5.48. The lowest BCUT2D eigenvalue weighted by atomic mass is 10.1. The number of aliphatic hydroxyl groups excluding tert-OH is 1. The van der Waals surface area contributed by atoms with Gasteiger partial charge in [-0.05, 0) is 47.5 Å². The quantitative estimate of drug-likeness (QED) is 0.325. The highest BCUT2D eigenvalue weighted by molar-refractivity contribution is 6.02. The summed E-state index contributed by atoms with van der Waals surface area (Å²) in [6.07, 6.45) is 7.23. The molecule has 0 spiro atoms. The number of rotatable bonds is 9. The van der Waals surface area contributed by atoms with Gasteiger partial charge in [0.2, 0.25) is 0 Å². The molecule has 31 heavy (non-hydrogen) atoms. The first kappa shape index (κ1) is 25.4. The first-order chi connectivity index (χ1) is 15.0. The maximum absolute atomic E-state index is 12.1. The van der Waals surface area contributed by atoms with Crippen LogP contribution in [0, 0.1) is 0 Å². The van der Waals surface area contributed by atoms with Gasteiger partial charge in [0.1, 0.15) is 5.76 Å². The zero-order chi connectivity index (χ0) is 23.2. The van der Waals surface area contributed by atoms with Crippen LogP contribution in [0.25, 0.3) is 12.2 Å². The monoisotopic (exact) mass is 426 g/mol. The molecule has 2 rings (SSSR count). The minimum absolute atomic E-state index is 0.165. The van der Waals surface area contributed by atoms with Gasteiger partial charge in [-0.1, -0.05) is 38.1 Å². The van der Waals surface area contributed by atoms with Gasteiger partial charge >= 0.3 is 0 Å². The van der Waals surface area contributed by atoms with Crippen LogP contribution in [0.15, 0.2) is 60.4 Å². The van der Waals surface area contributed by atoms with Gasteiger partial charge in [0.05, 0.1) is 28.4 Å². The Morgan fingerprint density at radius 1 is 0.710 bits per heavy atom. The first-order valence-electron chi connectivity index (χ1n) is 9.75. The molecule has 2 aromatic rings. The van der Waals surface area contributed by atoms with Crippen LogP contribution in [-0.2, 0) is 4.79 Å². The number of hydrogen-bond acceptors (Lipinski definition) is 6. The van der Waals surface area contributed by atoms with Crippen LogP contribution in [0.5, 0.6) is 23.0 Å². The third-order valence-electron chi connectivity index (χ3n) is 3.99. The summed E-state index contributed by atoms with van der Waals surface area (Å²) in [6.45, 7) is 4.00. The molecule has 0 atom stereocenters. The molecule has 0 aliphatic rings. The highest BCUT2D eigenvalue weighted by Crippen LogP contribution is 2.29. The Kier molecular flexibility index (Phi) is 11.1. The standard InChI is InChI=1S/C23H24O6.C2H6/c1-26-20-11-7-16(13-22(20)28-3)5-9-18(24)15-19(25)10-6-17-8-12-21(27-2)23(14-17)29-4;1-2/h5-15,24H,1-4H3;1-2H3/b9-5+,10-6+,18-15-;. The Hall–Kier alpha value is -3.67. The first-order valence-corrected chi connectivity index (χ1v) is 9.75. The van der Waals surface area contributed by atoms with Crippen molar-refractivity contribution in [3.8, 4) is 23.0 Å². The third kappa shape index (κ3) is 7.93. The molecule has 2 aromatic carbocycles. The summed E-state index contributed by atoms with van der Waals surface area (Å²) < 4.78 is 20.8. The van der Waals surface area contributed by atoms with Gasteiger partial charge in [0.15, 0.2) is 28.8 Å². The number of aliphatic hydroxyl groups is 1. The molecule has 166 valence electrons. The van der Waals surface area contributed by atoms with Crippen LogP contribution in [-0.4, -0.2) is 39.3 Å². The van der Waals surface area contributed by atoms with E-state index < -0.39 is 0 Å². The Morgan fingerprint density at radius 2 is 1.13 bits per heavy atom. The second-order valence-electron chi connectivity index (χ2n) is 5.87. The molecule has 0 saturated carbocycles. The summed E-state index contributed by atoms with van der Waals surface area (Å²) in [5.41, 5.74) is 1.56. The minimum Gasteiger partial charge on any atom is -0.508 e. The van der Waals surface area contributed by atoms with E-state index >= 15 is 0 Å². The molecule has 6 nitrogen and oxygen atoms in total. The van der Waals surface area contributed by atoms with Crippen molar-refractivity contribution in [3.05, 3.63) is 71.5 Å². The molecule has 0 unspecified atom stereocenters. The van der Waals surface area contributed by atoms with Crippen LogP contribution < -0.4 is 18.9 Å². The Balaban J connectivity index is 0.00000233. The van der Waals surface area contributed by atoms with Crippen LogP contribution in [0.2, 0.25) is 0 Å². The van der Waals surface area contributed by atoms with Gasteiger partial charge in [0.25, 0.3) is 0 Å². The SMILES string of the molecule is CC.COc1ccc(/C=C/C(=O)/C=C(O)/C=C/c2ccc(OC)c(OC)c2)cc1OC. The zero-order valence-corrected chi connectivity index (χ0v) is 18.8. The average Bonchev–Trinajstić information content (AvgIpc) is 2.82. The number of ether oxygens (including phenoxy) is 4. The van der Waals surface area contributed by atoms with Crippen molar-refractivity contribution in [2.75, 3.05) is 28.4 Å². The maximum atomic E-state index is 12.1. The third-order valence-corrected chi connectivity index (χ3v) is 3.99. The minimum atomic E-state index is -0.353. The molecule has 0 bridgehead atoms. The van der Waals surface area contributed by atoms with Gasteiger partial charge in [-0.15, -0.1) is 0 Å². The number of methoxy groups -OCH3 is 4. The summed E-state index contributed by atoms with van der Waals surface area (Å²) in [4.78, 5) is 12.1. The van der Waals surface area contributed by atoms with Crippen molar-refractivity contribution in [2.24, 2.45) is 0 Å². The van der Waals surface area contributed by atoms with Gasteiger partial charge in [0, 0.05) is 6.08 Å². The lowest BCUT2D eigenvalue weighted by Crippen LogP contribution is -1.91. The lowest BCUT2D eigenvalue weighted by molar-refractivity contribution is -0.110. The van der Waals surface area contributed by atoms with Crippen molar-refractivity contribution in [1.29, 1.82) is 0 Å². The smallest absolute Gasteiger partial charge is 0.182 e. The van der Waals surface area contributed by atoms with E-state index in [2.05, 4.69) is 0 Å². The highest BCUT2D eigenvalue weighted by Gasteiger charge is 2.04. The van der Waals surface area contributed by atoms with E-state index in [1.165, 1.54) is 12.2 Å². The number of carbonyl (C=O) groups excluding carboxylic acids is 1. The van der Waals surface area contributed by atoms with Crippen molar-refractivity contribution in [1.82, 2.24) is 0 Å². The second kappa shape index (κ2) is 13.5. The Bertz CT molecular complexity index is 941. The van der Waals surface area contributed by atoms with Crippen LogP contribution in [0.3, 0.4) is 0 Å². The molecule has 0 saturated heterocycles. The van der Waals surface area contributed by atoms with Crippen LogP contribution in [0.4, 0.5) is 0 Å². The molecule has 0 amide bonds. The Morgan fingerprint density at radius 3 is 1.55 bits per heavy atom. The number of carbonyl (C=O) groups is 1. The summed E-state index contributed by atoms with van der Waals surface area (Å²) in [7, 11) is 6.21. The zero-order valence-electron chi connectivity index (χ0n) is 18.8. The van der Waals surface area contributed by atoms with Crippen molar-refractivity contribution in [3.63, 3.8) is 0 Å². The fourth-order valence-corrected chi connectivity index (χ4v) is 2.51. The fourth-order valence-electron chi connectivity index (χ4n) is 2.51. The van der Waals surface area contributed by atoms with E-state index in [1.54, 1.807) is 70.9 Å². The van der Waals surface area contributed by atoms with E-state index in [-0.39, 0.29) is 11.5 Å². The van der Waals surface area contributed by atoms with Crippen molar-refractivity contribution < 1.29 is 28.8 Å². The topological polar surface area (TPSA) is 74.2 Å². The van der Waals surface area contributed by atoms with E-state index in [0.29, 0.717) is 23.0 Å². The number of allylic oxidation sites excluding steroid dienone is 3. The molecular formula is C25H30O6. The summed E-state index contributed by atoms with van der Waals surface area (Å²) >= 11 is 0. The molecule has 0 fully saturated rings. The van der Waals surface area contributed by atoms with Gasteiger partial charge < -0.3 is 24.1 Å². The molecular weight excluding hydrogens is 396 g/mol. The number of ketones is 1.